The van der Waals surface area contributed by atoms with E-state index in [4.69, 9.17) is 11.6 Å². The summed E-state index contributed by atoms with van der Waals surface area (Å²) in [6.07, 6.45) is 0. The summed E-state index contributed by atoms with van der Waals surface area (Å²) in [5, 5.41) is 2.95. The fourth-order valence-corrected chi connectivity index (χ4v) is 4.11. The Hall–Kier alpha value is -3.55. The van der Waals surface area contributed by atoms with Crippen LogP contribution in [0.5, 0.6) is 0 Å². The first-order chi connectivity index (χ1) is 14.8. The molecule has 2 heteroatoms. The minimum atomic E-state index is 0.766. The van der Waals surface area contributed by atoms with E-state index in [0.29, 0.717) is 0 Å². The zero-order valence-electron chi connectivity index (χ0n) is 16.4. The van der Waals surface area contributed by atoms with Crippen LogP contribution >= 0.6 is 11.6 Å². The Bertz CT molecular complexity index is 1280. The molecule has 0 fully saturated rings. The predicted molar refractivity (Wildman–Crippen MR) is 129 cm³/mol. The molecular formula is C28H20ClN. The van der Waals surface area contributed by atoms with Gasteiger partial charge in [0.1, 0.15) is 0 Å². The van der Waals surface area contributed by atoms with Crippen molar-refractivity contribution in [1.82, 2.24) is 0 Å². The fraction of sp³-hybridized carbons (Fsp3) is 0. The third-order valence-electron chi connectivity index (χ3n) is 5.34. The zero-order chi connectivity index (χ0) is 20.3. The Balaban J connectivity index is 1.67. The molecule has 5 aromatic carbocycles. The molecule has 1 nitrogen and oxygen atoms in total. The van der Waals surface area contributed by atoms with E-state index >= 15 is 0 Å². The van der Waals surface area contributed by atoms with Gasteiger partial charge in [-0.3, -0.25) is 0 Å². The fourth-order valence-electron chi connectivity index (χ4n) is 3.88. The number of hydrogen-bond donors (Lipinski definition) is 0. The number of para-hydroxylation sites is 1. The van der Waals surface area contributed by atoms with Crippen LogP contribution < -0.4 is 4.90 Å². The number of hydrogen-bond acceptors (Lipinski definition) is 1. The van der Waals surface area contributed by atoms with Gasteiger partial charge in [-0.15, -0.1) is 0 Å². The number of halogens is 1. The molecule has 0 heterocycles. The molecule has 0 aromatic heterocycles. The highest BCUT2D eigenvalue weighted by Gasteiger charge is 2.16. The quantitative estimate of drug-likeness (QED) is 0.289. The van der Waals surface area contributed by atoms with Crippen LogP contribution in [0.1, 0.15) is 0 Å². The SMILES string of the molecule is Clc1ccc(N(c2ccccc2)c2ccc(-c3ccccc3)cc2)c2ccccc12. The van der Waals surface area contributed by atoms with Crippen molar-refractivity contribution in [2.45, 2.75) is 0 Å². The first-order valence-corrected chi connectivity index (χ1v) is 10.4. The first kappa shape index (κ1) is 18.5. The van der Waals surface area contributed by atoms with Crippen LogP contribution in [0.4, 0.5) is 17.1 Å². The third-order valence-corrected chi connectivity index (χ3v) is 5.67. The molecule has 30 heavy (non-hydrogen) atoms. The molecule has 0 bridgehead atoms. The van der Waals surface area contributed by atoms with E-state index in [0.717, 1.165) is 32.9 Å². The van der Waals surface area contributed by atoms with Crippen LogP contribution in [0.3, 0.4) is 0 Å². The lowest BCUT2D eigenvalue weighted by atomic mass is 10.0. The normalized spacial score (nSPS) is 10.8. The minimum absolute atomic E-state index is 0.766. The van der Waals surface area contributed by atoms with Crippen LogP contribution in [0.2, 0.25) is 5.02 Å². The summed E-state index contributed by atoms with van der Waals surface area (Å²) in [4.78, 5) is 2.29. The van der Waals surface area contributed by atoms with Crippen molar-refractivity contribution in [2.75, 3.05) is 4.90 Å². The molecule has 0 saturated heterocycles. The molecule has 0 radical (unpaired) electrons. The van der Waals surface area contributed by atoms with Crippen LogP contribution in [0.15, 0.2) is 121 Å². The summed E-state index contributed by atoms with van der Waals surface area (Å²) in [5.74, 6) is 0. The van der Waals surface area contributed by atoms with Crippen molar-refractivity contribution in [3.8, 4) is 11.1 Å². The van der Waals surface area contributed by atoms with Gasteiger partial charge >= 0.3 is 0 Å². The lowest BCUT2D eigenvalue weighted by molar-refractivity contribution is 1.30. The summed E-state index contributed by atoms with van der Waals surface area (Å²) >= 11 is 6.50. The molecule has 0 spiro atoms. The van der Waals surface area contributed by atoms with E-state index < -0.39 is 0 Å². The molecule has 0 aliphatic carbocycles. The van der Waals surface area contributed by atoms with Gasteiger partial charge in [0.05, 0.1) is 5.69 Å². The number of benzene rings is 5. The highest BCUT2D eigenvalue weighted by atomic mass is 35.5. The second kappa shape index (κ2) is 8.06. The van der Waals surface area contributed by atoms with Crippen molar-refractivity contribution in [3.63, 3.8) is 0 Å². The van der Waals surface area contributed by atoms with E-state index in [1.165, 1.54) is 11.1 Å². The van der Waals surface area contributed by atoms with E-state index in [2.05, 4.69) is 102 Å². The average Bonchev–Trinajstić information content (AvgIpc) is 2.83. The van der Waals surface area contributed by atoms with Gasteiger partial charge in [0.25, 0.3) is 0 Å². The number of fused-ring (bicyclic) bond motifs is 1. The van der Waals surface area contributed by atoms with E-state index in [1.807, 2.05) is 24.3 Å². The summed E-state index contributed by atoms with van der Waals surface area (Å²) < 4.78 is 0. The molecule has 5 aromatic rings. The number of rotatable bonds is 4. The van der Waals surface area contributed by atoms with Gasteiger partial charge in [-0.05, 0) is 47.5 Å². The predicted octanol–water partition coefficient (Wildman–Crippen LogP) is 8.63. The maximum absolute atomic E-state index is 6.50. The molecule has 0 atom stereocenters. The number of nitrogens with zero attached hydrogens (tertiary/aromatic N) is 1. The molecule has 0 saturated carbocycles. The van der Waals surface area contributed by atoms with Crippen LogP contribution in [-0.2, 0) is 0 Å². The molecule has 144 valence electrons. The molecule has 0 aliphatic heterocycles. The van der Waals surface area contributed by atoms with Crippen molar-refractivity contribution < 1.29 is 0 Å². The van der Waals surface area contributed by atoms with Crippen LogP contribution in [0, 0.1) is 0 Å². The van der Waals surface area contributed by atoms with Crippen molar-refractivity contribution >= 4 is 39.4 Å². The highest BCUT2D eigenvalue weighted by molar-refractivity contribution is 6.36. The Labute approximate surface area is 181 Å². The van der Waals surface area contributed by atoms with E-state index in [9.17, 15) is 0 Å². The molecule has 0 N–H and O–H groups in total. The Morgan fingerprint density at radius 1 is 0.433 bits per heavy atom. The van der Waals surface area contributed by atoms with Gasteiger partial charge in [-0.1, -0.05) is 96.5 Å². The van der Waals surface area contributed by atoms with E-state index in [1.54, 1.807) is 0 Å². The lowest BCUT2D eigenvalue weighted by Gasteiger charge is -2.27. The Morgan fingerprint density at radius 2 is 0.967 bits per heavy atom. The zero-order valence-corrected chi connectivity index (χ0v) is 17.1. The third kappa shape index (κ3) is 3.45. The monoisotopic (exact) mass is 405 g/mol. The van der Waals surface area contributed by atoms with Crippen molar-refractivity contribution in [2.24, 2.45) is 0 Å². The topological polar surface area (TPSA) is 3.24 Å². The average molecular weight is 406 g/mol. The first-order valence-electron chi connectivity index (χ1n) is 9.99. The highest BCUT2D eigenvalue weighted by Crippen LogP contribution is 2.41. The smallest absolute Gasteiger partial charge is 0.0541 e. The summed E-state index contributed by atoms with van der Waals surface area (Å²) in [6.45, 7) is 0. The molecule has 0 unspecified atom stereocenters. The summed E-state index contributed by atoms with van der Waals surface area (Å²) in [7, 11) is 0. The maximum Gasteiger partial charge on any atom is 0.0541 e. The second-order valence-corrected chi connectivity index (χ2v) is 7.60. The Kier molecular flexibility index (Phi) is 4.96. The molecule has 0 amide bonds. The second-order valence-electron chi connectivity index (χ2n) is 7.20. The standard InChI is InChI=1S/C28H20ClN/c29-27-19-20-28(26-14-8-7-13-25(26)27)30(23-11-5-2-6-12-23)24-17-15-22(16-18-24)21-9-3-1-4-10-21/h1-20H. The lowest BCUT2D eigenvalue weighted by Crippen LogP contribution is -2.10. The van der Waals surface area contributed by atoms with Crippen LogP contribution in [0.25, 0.3) is 21.9 Å². The molecule has 0 aliphatic rings. The van der Waals surface area contributed by atoms with Crippen molar-refractivity contribution in [3.05, 3.63) is 126 Å². The summed E-state index contributed by atoms with van der Waals surface area (Å²) in [6, 6.07) is 42.0. The largest absolute Gasteiger partial charge is 0.310 e. The molecule has 5 rings (SSSR count). The van der Waals surface area contributed by atoms with Gasteiger partial charge in [-0.2, -0.15) is 0 Å². The van der Waals surface area contributed by atoms with Gasteiger partial charge in [0.15, 0.2) is 0 Å². The van der Waals surface area contributed by atoms with E-state index in [-0.39, 0.29) is 0 Å². The Morgan fingerprint density at radius 3 is 1.67 bits per heavy atom. The molecular weight excluding hydrogens is 386 g/mol. The number of anilines is 3. The summed E-state index contributed by atoms with van der Waals surface area (Å²) in [5.41, 5.74) is 5.74. The van der Waals surface area contributed by atoms with Crippen molar-refractivity contribution in [1.29, 1.82) is 0 Å². The van der Waals surface area contributed by atoms with Crippen LogP contribution in [-0.4, -0.2) is 0 Å². The minimum Gasteiger partial charge on any atom is -0.310 e. The van der Waals surface area contributed by atoms with Gasteiger partial charge in [0.2, 0.25) is 0 Å². The van der Waals surface area contributed by atoms with Gasteiger partial charge in [0, 0.05) is 27.2 Å². The van der Waals surface area contributed by atoms with Gasteiger partial charge in [-0.25, -0.2) is 0 Å². The maximum atomic E-state index is 6.50. The van der Waals surface area contributed by atoms with Gasteiger partial charge < -0.3 is 4.90 Å².